The topological polar surface area (TPSA) is 81.4 Å². The molecule has 0 radical (unpaired) electrons. The number of thiocarbonyl (C=S) groups is 1. The second-order valence-electron chi connectivity index (χ2n) is 4.11. The largest absolute Gasteiger partial charge is 0.466 e. The second kappa shape index (κ2) is 8.27. The van der Waals surface area contributed by atoms with Gasteiger partial charge >= 0.3 is 5.97 Å². The summed E-state index contributed by atoms with van der Waals surface area (Å²) >= 11 is 4.84. The fourth-order valence-electron chi connectivity index (χ4n) is 1.56. The monoisotopic (exact) mass is 294 g/mol. The molecule has 1 amide bonds. The van der Waals surface area contributed by atoms with Gasteiger partial charge in [-0.15, -0.1) is 0 Å². The standard InChI is InChI=1S/C14H18N2O3S/c1-2-19-12(17)4-3-9-16-14(18)11-7-5-10(6-8-11)13(15)20/h5-8H,2-4,9H2,1H3,(H2,15,20)(H,16,18). The Morgan fingerprint density at radius 2 is 1.85 bits per heavy atom. The number of nitrogens with one attached hydrogen (secondary N) is 1. The van der Waals surface area contributed by atoms with Crippen LogP contribution in [0.3, 0.4) is 0 Å². The molecule has 0 saturated heterocycles. The number of hydrogen-bond acceptors (Lipinski definition) is 4. The first-order chi connectivity index (χ1) is 9.54. The zero-order chi connectivity index (χ0) is 15.0. The molecule has 0 aliphatic rings. The van der Waals surface area contributed by atoms with E-state index in [0.29, 0.717) is 36.5 Å². The molecule has 0 atom stereocenters. The Kier molecular flexibility index (Phi) is 6.66. The highest BCUT2D eigenvalue weighted by Crippen LogP contribution is 2.04. The summed E-state index contributed by atoms with van der Waals surface area (Å²) < 4.78 is 4.79. The van der Waals surface area contributed by atoms with Crippen molar-refractivity contribution < 1.29 is 14.3 Å². The van der Waals surface area contributed by atoms with Crippen LogP contribution in [0.4, 0.5) is 0 Å². The number of esters is 1. The molecule has 6 heteroatoms. The maximum Gasteiger partial charge on any atom is 0.305 e. The van der Waals surface area contributed by atoms with Gasteiger partial charge in [0, 0.05) is 24.1 Å². The van der Waals surface area contributed by atoms with Gasteiger partial charge in [-0.25, -0.2) is 0 Å². The van der Waals surface area contributed by atoms with Crippen LogP contribution in [-0.2, 0) is 9.53 Å². The molecule has 20 heavy (non-hydrogen) atoms. The third-order valence-corrected chi connectivity index (χ3v) is 2.82. The van der Waals surface area contributed by atoms with Crippen molar-refractivity contribution in [1.29, 1.82) is 0 Å². The zero-order valence-corrected chi connectivity index (χ0v) is 12.2. The van der Waals surface area contributed by atoms with Crippen LogP contribution < -0.4 is 11.1 Å². The van der Waals surface area contributed by atoms with Crippen molar-refractivity contribution in [3.05, 3.63) is 35.4 Å². The van der Waals surface area contributed by atoms with Gasteiger partial charge in [0.1, 0.15) is 4.99 Å². The van der Waals surface area contributed by atoms with Gasteiger partial charge in [0.25, 0.3) is 5.91 Å². The molecule has 0 aromatic heterocycles. The van der Waals surface area contributed by atoms with Crippen LogP contribution in [0.5, 0.6) is 0 Å². The van der Waals surface area contributed by atoms with Crippen molar-refractivity contribution in [1.82, 2.24) is 5.32 Å². The lowest BCUT2D eigenvalue weighted by molar-refractivity contribution is -0.143. The molecule has 0 bridgehead atoms. The van der Waals surface area contributed by atoms with Gasteiger partial charge in [0.05, 0.1) is 6.61 Å². The fourth-order valence-corrected chi connectivity index (χ4v) is 1.69. The van der Waals surface area contributed by atoms with E-state index in [1.54, 1.807) is 31.2 Å². The Morgan fingerprint density at radius 1 is 1.25 bits per heavy atom. The smallest absolute Gasteiger partial charge is 0.305 e. The van der Waals surface area contributed by atoms with Crippen LogP contribution in [0.25, 0.3) is 0 Å². The average molecular weight is 294 g/mol. The van der Waals surface area contributed by atoms with E-state index in [9.17, 15) is 9.59 Å². The predicted molar refractivity (Wildman–Crippen MR) is 80.5 cm³/mol. The minimum absolute atomic E-state index is 0.191. The summed E-state index contributed by atoms with van der Waals surface area (Å²) in [6.07, 6.45) is 0.851. The van der Waals surface area contributed by atoms with Gasteiger partial charge in [-0.2, -0.15) is 0 Å². The Balaban J connectivity index is 2.36. The van der Waals surface area contributed by atoms with Crippen molar-refractivity contribution in [3.63, 3.8) is 0 Å². The summed E-state index contributed by atoms with van der Waals surface area (Å²) in [4.78, 5) is 23.2. The Labute approximate surface area is 123 Å². The predicted octanol–water partition coefficient (Wildman–Crippen LogP) is 1.39. The van der Waals surface area contributed by atoms with E-state index in [0.717, 1.165) is 5.56 Å². The molecule has 1 aromatic rings. The van der Waals surface area contributed by atoms with Crippen LogP contribution >= 0.6 is 12.2 Å². The van der Waals surface area contributed by atoms with Crippen molar-refractivity contribution in [3.8, 4) is 0 Å². The van der Waals surface area contributed by atoms with Gasteiger partial charge in [-0.3, -0.25) is 9.59 Å². The summed E-state index contributed by atoms with van der Waals surface area (Å²) in [5.74, 6) is -0.439. The van der Waals surface area contributed by atoms with Crippen LogP contribution in [-0.4, -0.2) is 30.0 Å². The first kappa shape index (κ1) is 16.1. The van der Waals surface area contributed by atoms with Crippen LogP contribution in [0.2, 0.25) is 0 Å². The van der Waals surface area contributed by atoms with E-state index in [1.165, 1.54) is 0 Å². The number of benzene rings is 1. The number of nitrogens with two attached hydrogens (primary N) is 1. The molecule has 0 fully saturated rings. The fraction of sp³-hybridized carbons (Fsp3) is 0.357. The zero-order valence-electron chi connectivity index (χ0n) is 11.3. The van der Waals surface area contributed by atoms with Crippen LogP contribution in [0, 0.1) is 0 Å². The number of rotatable bonds is 7. The Bertz CT molecular complexity index is 486. The number of hydrogen-bond donors (Lipinski definition) is 2. The molecule has 3 N–H and O–H groups in total. The molecule has 108 valence electrons. The molecule has 0 saturated carbocycles. The average Bonchev–Trinajstić information content (AvgIpc) is 2.43. The molecule has 0 heterocycles. The van der Waals surface area contributed by atoms with Gasteiger partial charge in [-0.05, 0) is 25.5 Å². The Hall–Kier alpha value is -1.95. The van der Waals surface area contributed by atoms with E-state index in [-0.39, 0.29) is 11.9 Å². The molecule has 1 rings (SSSR count). The number of carbonyl (C=O) groups excluding carboxylic acids is 2. The van der Waals surface area contributed by atoms with Gasteiger partial charge in [0.2, 0.25) is 0 Å². The maximum absolute atomic E-state index is 11.8. The SMILES string of the molecule is CCOC(=O)CCCNC(=O)c1ccc(C(N)=S)cc1. The number of carbonyl (C=O) groups is 2. The third-order valence-electron chi connectivity index (χ3n) is 2.58. The normalized spacial score (nSPS) is 9.85. The van der Waals surface area contributed by atoms with E-state index < -0.39 is 0 Å². The maximum atomic E-state index is 11.8. The highest BCUT2D eigenvalue weighted by molar-refractivity contribution is 7.80. The molecule has 1 aromatic carbocycles. The molecule has 0 spiro atoms. The number of amides is 1. The minimum atomic E-state index is -0.248. The molecular weight excluding hydrogens is 276 g/mol. The number of ether oxygens (including phenoxy) is 1. The summed E-state index contributed by atoms with van der Waals surface area (Å²) in [5.41, 5.74) is 6.73. The first-order valence-electron chi connectivity index (χ1n) is 6.38. The third kappa shape index (κ3) is 5.36. The summed E-state index contributed by atoms with van der Waals surface area (Å²) in [5, 5.41) is 2.73. The molecule has 0 unspecified atom stereocenters. The first-order valence-corrected chi connectivity index (χ1v) is 6.79. The van der Waals surface area contributed by atoms with E-state index >= 15 is 0 Å². The summed E-state index contributed by atoms with van der Waals surface area (Å²) in [7, 11) is 0. The highest BCUT2D eigenvalue weighted by atomic mass is 32.1. The van der Waals surface area contributed by atoms with Crippen molar-refractivity contribution >= 4 is 29.1 Å². The van der Waals surface area contributed by atoms with Crippen LogP contribution in [0.15, 0.2) is 24.3 Å². The highest BCUT2D eigenvalue weighted by Gasteiger charge is 2.06. The van der Waals surface area contributed by atoms with E-state index in [2.05, 4.69) is 5.32 Å². The lowest BCUT2D eigenvalue weighted by atomic mass is 10.1. The molecule has 0 aliphatic carbocycles. The van der Waals surface area contributed by atoms with Gasteiger partial charge in [-0.1, -0.05) is 24.4 Å². The van der Waals surface area contributed by atoms with E-state index in [4.69, 9.17) is 22.7 Å². The molecular formula is C14H18N2O3S. The van der Waals surface area contributed by atoms with Crippen molar-refractivity contribution in [2.75, 3.05) is 13.2 Å². The Morgan fingerprint density at radius 3 is 2.40 bits per heavy atom. The quantitative estimate of drug-likeness (QED) is 0.451. The summed E-state index contributed by atoms with van der Waals surface area (Å²) in [6, 6.07) is 6.73. The summed E-state index contributed by atoms with van der Waals surface area (Å²) in [6.45, 7) is 2.56. The lowest BCUT2D eigenvalue weighted by Gasteiger charge is -2.06. The molecule has 5 nitrogen and oxygen atoms in total. The lowest BCUT2D eigenvalue weighted by Crippen LogP contribution is -2.25. The van der Waals surface area contributed by atoms with Crippen molar-refractivity contribution in [2.24, 2.45) is 5.73 Å². The minimum Gasteiger partial charge on any atom is -0.466 e. The van der Waals surface area contributed by atoms with Gasteiger partial charge in [0.15, 0.2) is 0 Å². The van der Waals surface area contributed by atoms with Crippen LogP contribution in [0.1, 0.15) is 35.7 Å². The second-order valence-corrected chi connectivity index (χ2v) is 4.55. The van der Waals surface area contributed by atoms with Gasteiger partial charge < -0.3 is 15.8 Å². The van der Waals surface area contributed by atoms with E-state index in [1.807, 2.05) is 0 Å². The molecule has 0 aliphatic heterocycles. The van der Waals surface area contributed by atoms with Crippen molar-refractivity contribution in [2.45, 2.75) is 19.8 Å².